The Morgan fingerprint density at radius 3 is 1.46 bits per heavy atom. The second-order valence-electron chi connectivity index (χ2n) is 11.8. The van der Waals surface area contributed by atoms with Gasteiger partial charge in [-0.25, -0.2) is 0 Å². The van der Waals surface area contributed by atoms with Crippen molar-refractivity contribution in [3.05, 3.63) is 12.2 Å². The second-order valence-corrected chi connectivity index (χ2v) is 23.3. The lowest BCUT2D eigenvalue weighted by atomic mass is 10.2. The molecule has 0 unspecified atom stereocenters. The zero-order valence-electron chi connectivity index (χ0n) is 20.2. The first-order chi connectivity index (χ1) is 11.5. The molecule has 1 saturated heterocycles. The minimum atomic E-state index is -1.79. The normalized spacial score (nSPS) is 22.7. The molecule has 26 heavy (non-hydrogen) atoms. The average Bonchev–Trinajstić information content (AvgIpc) is 3.16. The highest BCUT2D eigenvalue weighted by atomic mass is 28.4. The molecule has 0 spiro atoms. The van der Waals surface area contributed by atoms with E-state index in [2.05, 4.69) is 102 Å². The van der Waals surface area contributed by atoms with Gasteiger partial charge >= 0.3 is 0 Å². The predicted octanol–water partition coefficient (Wildman–Crippen LogP) is 8.56. The van der Waals surface area contributed by atoms with E-state index in [0.717, 1.165) is 5.54 Å². The van der Waals surface area contributed by atoms with Crippen molar-refractivity contribution in [3.63, 3.8) is 0 Å². The summed E-state index contributed by atoms with van der Waals surface area (Å²) in [5.74, 6) is 0. The molecule has 0 aromatic carbocycles. The van der Waals surface area contributed by atoms with E-state index < -0.39 is 16.4 Å². The molecular formula is C23H48OSi2. The molecule has 0 aromatic heterocycles. The Morgan fingerprint density at radius 2 is 1.19 bits per heavy atom. The fraction of sp³-hybridized carbons (Fsp3) is 0.913. The zero-order valence-corrected chi connectivity index (χ0v) is 22.2. The first-order valence-electron chi connectivity index (χ1n) is 10.9. The quantitative estimate of drug-likeness (QED) is 0.309. The van der Waals surface area contributed by atoms with E-state index in [0.29, 0.717) is 26.7 Å². The first-order valence-corrected chi connectivity index (χ1v) is 15.3. The summed E-state index contributed by atoms with van der Waals surface area (Å²) in [5.41, 5.74) is 2.77. The molecule has 0 amide bonds. The lowest BCUT2D eigenvalue weighted by molar-refractivity contribution is 0.234. The zero-order chi connectivity index (χ0) is 20.7. The maximum absolute atomic E-state index is 6.91. The molecule has 1 aliphatic rings. The third-order valence-electron chi connectivity index (χ3n) is 7.40. The number of rotatable bonds is 7. The Morgan fingerprint density at radius 1 is 0.808 bits per heavy atom. The fourth-order valence-electron chi connectivity index (χ4n) is 6.43. The summed E-state index contributed by atoms with van der Waals surface area (Å²) >= 11 is 0. The summed E-state index contributed by atoms with van der Waals surface area (Å²) in [5, 5.41) is 0.938. The van der Waals surface area contributed by atoms with E-state index in [1.165, 1.54) is 6.04 Å². The maximum atomic E-state index is 6.91. The van der Waals surface area contributed by atoms with Crippen molar-refractivity contribution in [1.82, 2.24) is 0 Å². The molecule has 1 rings (SSSR count). The van der Waals surface area contributed by atoms with Crippen LogP contribution in [0.4, 0.5) is 0 Å². The largest absolute Gasteiger partial charge is 0.410 e. The Labute approximate surface area is 167 Å². The molecular weight excluding hydrogens is 348 g/mol. The molecule has 2 atom stereocenters. The molecule has 1 nitrogen and oxygen atoms in total. The lowest BCUT2D eigenvalue weighted by Crippen LogP contribution is -2.49. The summed E-state index contributed by atoms with van der Waals surface area (Å²) in [6.07, 6.45) is 5.19. The molecule has 0 aromatic rings. The van der Waals surface area contributed by atoms with E-state index >= 15 is 0 Å². The van der Waals surface area contributed by atoms with Gasteiger partial charge in [0.25, 0.3) is 0 Å². The van der Waals surface area contributed by atoms with Crippen LogP contribution in [-0.2, 0) is 4.43 Å². The first kappa shape index (κ1) is 24.2. The topological polar surface area (TPSA) is 9.23 Å². The van der Waals surface area contributed by atoms with Crippen LogP contribution in [0.25, 0.3) is 0 Å². The van der Waals surface area contributed by atoms with Gasteiger partial charge in [0.1, 0.15) is 0 Å². The van der Waals surface area contributed by atoms with Gasteiger partial charge in [0.2, 0.25) is 8.32 Å². The minimum absolute atomic E-state index is 0.237. The summed E-state index contributed by atoms with van der Waals surface area (Å²) in [4.78, 5) is 0. The van der Waals surface area contributed by atoms with Crippen LogP contribution in [0.2, 0.25) is 38.3 Å². The van der Waals surface area contributed by atoms with E-state index in [-0.39, 0.29) is 6.10 Å². The maximum Gasteiger partial charge on any atom is 0.201 e. The highest BCUT2D eigenvalue weighted by Crippen LogP contribution is 2.72. The van der Waals surface area contributed by atoms with Gasteiger partial charge < -0.3 is 4.43 Å². The van der Waals surface area contributed by atoms with Gasteiger partial charge in [0.05, 0.1) is 14.2 Å². The van der Waals surface area contributed by atoms with Crippen LogP contribution in [0.1, 0.15) is 90.0 Å². The van der Waals surface area contributed by atoms with Crippen molar-refractivity contribution in [2.45, 2.75) is 134 Å². The Balaban J connectivity index is 2.96. The van der Waals surface area contributed by atoms with Gasteiger partial charge in [0.15, 0.2) is 0 Å². The van der Waals surface area contributed by atoms with E-state index in [1.54, 1.807) is 0 Å². The minimum Gasteiger partial charge on any atom is -0.410 e. The molecule has 0 N–H and O–H groups in total. The highest BCUT2D eigenvalue weighted by molar-refractivity contribution is 6.96. The fourth-order valence-corrected chi connectivity index (χ4v) is 19.4. The van der Waals surface area contributed by atoms with Crippen molar-refractivity contribution in [2.24, 2.45) is 0 Å². The molecule has 0 aliphatic carbocycles. The predicted molar refractivity (Wildman–Crippen MR) is 124 cm³/mol. The molecule has 1 aliphatic heterocycles. The smallest absolute Gasteiger partial charge is 0.201 e. The highest BCUT2D eigenvalue weighted by Gasteiger charge is 2.67. The number of hydrogen-bond donors (Lipinski definition) is 0. The van der Waals surface area contributed by atoms with Crippen LogP contribution in [0, 0.1) is 0 Å². The third kappa shape index (κ3) is 4.25. The van der Waals surface area contributed by atoms with Crippen LogP contribution >= 0.6 is 0 Å². The molecule has 0 radical (unpaired) electrons. The third-order valence-corrected chi connectivity index (χ3v) is 21.2. The van der Waals surface area contributed by atoms with Crippen LogP contribution in [0.3, 0.4) is 0 Å². The SMILES string of the molecule is CC(C)[Si](O[C@@H](C)C=C[C@@H]1C[Si]1(C(C)(C)C)C(C)(C)C)(C(C)C)C(C)C. The van der Waals surface area contributed by atoms with Gasteiger partial charge in [-0.15, -0.1) is 0 Å². The molecule has 154 valence electrons. The average molecular weight is 397 g/mol. The van der Waals surface area contributed by atoms with Gasteiger partial charge in [-0.2, -0.15) is 0 Å². The molecule has 0 saturated carbocycles. The summed E-state index contributed by atoms with van der Waals surface area (Å²) in [7, 11) is -3.10. The monoisotopic (exact) mass is 396 g/mol. The van der Waals surface area contributed by atoms with Crippen molar-refractivity contribution in [1.29, 1.82) is 0 Å². The van der Waals surface area contributed by atoms with Crippen LogP contribution in [0.15, 0.2) is 12.2 Å². The Hall–Kier alpha value is 0.134. The van der Waals surface area contributed by atoms with Crippen LogP contribution in [0.5, 0.6) is 0 Å². The lowest BCUT2D eigenvalue weighted by Gasteiger charge is -2.43. The van der Waals surface area contributed by atoms with Crippen molar-refractivity contribution in [2.75, 3.05) is 0 Å². The van der Waals surface area contributed by atoms with E-state index in [4.69, 9.17) is 4.43 Å². The Bertz CT molecular complexity index is 456. The van der Waals surface area contributed by atoms with Crippen molar-refractivity contribution in [3.8, 4) is 0 Å². The number of hydrogen-bond acceptors (Lipinski definition) is 1. The molecule has 1 fully saturated rings. The Kier molecular flexibility index (Phi) is 7.31. The summed E-state index contributed by atoms with van der Waals surface area (Å²) in [6.45, 7) is 31.4. The molecule has 3 heteroatoms. The second kappa shape index (κ2) is 7.87. The van der Waals surface area contributed by atoms with Gasteiger partial charge in [-0.1, -0.05) is 101 Å². The van der Waals surface area contributed by atoms with Crippen molar-refractivity contribution >= 4 is 16.4 Å². The van der Waals surface area contributed by atoms with Gasteiger partial charge in [-0.3, -0.25) is 0 Å². The van der Waals surface area contributed by atoms with Crippen LogP contribution in [-0.4, -0.2) is 22.5 Å². The van der Waals surface area contributed by atoms with E-state index in [9.17, 15) is 0 Å². The molecule has 1 heterocycles. The number of allylic oxidation sites excluding steroid dienone is 1. The summed E-state index contributed by atoms with van der Waals surface area (Å²) < 4.78 is 6.91. The standard InChI is InChI=1S/C23H48OSi2/c1-17(2)26(18(3)4,19(5)6)24-20(7)14-15-21-16-25(21,22(8,9)10)23(11,12)13/h14-15,17-21H,16H2,1-13H3/t20-,21+/m0/s1. The van der Waals surface area contributed by atoms with Crippen molar-refractivity contribution < 1.29 is 4.43 Å². The van der Waals surface area contributed by atoms with Gasteiger partial charge in [0, 0.05) is 0 Å². The summed E-state index contributed by atoms with van der Waals surface area (Å²) in [6, 6.07) is 1.45. The molecule has 0 bridgehead atoms. The van der Waals surface area contributed by atoms with E-state index in [1.807, 2.05) is 0 Å². The van der Waals surface area contributed by atoms with Crippen LogP contribution < -0.4 is 0 Å². The van der Waals surface area contributed by atoms with Gasteiger partial charge in [-0.05, 0) is 39.2 Å².